The van der Waals surface area contributed by atoms with Crippen molar-refractivity contribution in [2.24, 2.45) is 13.0 Å². The van der Waals surface area contributed by atoms with Crippen LogP contribution in [0.4, 0.5) is 4.39 Å². The lowest BCUT2D eigenvalue weighted by Crippen LogP contribution is -2.30. The Labute approximate surface area is 198 Å². The number of furan rings is 1. The molecule has 0 bridgehead atoms. The first-order valence-corrected chi connectivity index (χ1v) is 11.5. The zero-order chi connectivity index (χ0) is 24.0. The van der Waals surface area contributed by atoms with Crippen LogP contribution in [-0.4, -0.2) is 0 Å². The van der Waals surface area contributed by atoms with E-state index in [1.165, 1.54) is 17.7 Å². The number of hydrogen-bond donors (Lipinski definition) is 0. The molecule has 168 valence electrons. The Hall–Kier alpha value is -3.97. The first-order chi connectivity index (χ1) is 16.4. The van der Waals surface area contributed by atoms with Crippen molar-refractivity contribution in [3.05, 3.63) is 89.4 Å². The minimum absolute atomic E-state index is 0.297. The molecule has 0 N–H and O–H groups in total. The van der Waals surface area contributed by atoms with Crippen molar-refractivity contribution in [3.63, 3.8) is 0 Å². The summed E-state index contributed by atoms with van der Waals surface area (Å²) in [6.07, 6.45) is 2.72. The summed E-state index contributed by atoms with van der Waals surface area (Å²) < 4.78 is 22.6. The fraction of sp³-hybridized carbons (Fsp3) is 0.200. The molecule has 2 aromatic heterocycles. The highest BCUT2D eigenvalue weighted by molar-refractivity contribution is 6.13. The largest absolute Gasteiger partial charge is 0.454 e. The number of benzene rings is 3. The van der Waals surface area contributed by atoms with Crippen molar-refractivity contribution >= 4 is 21.9 Å². The summed E-state index contributed by atoms with van der Waals surface area (Å²) >= 11 is 0. The highest BCUT2D eigenvalue weighted by Gasteiger charge is 2.23. The Bertz CT molecular complexity index is 1590. The highest BCUT2D eigenvalue weighted by atomic mass is 19.1. The third-order valence-corrected chi connectivity index (χ3v) is 6.39. The van der Waals surface area contributed by atoms with Crippen LogP contribution in [-0.2, 0) is 13.5 Å². The van der Waals surface area contributed by atoms with Gasteiger partial charge >= 0.3 is 0 Å². The molecule has 4 heteroatoms. The molecule has 5 rings (SSSR count). The smallest absolute Gasteiger partial charge is 0.219 e. The summed E-state index contributed by atoms with van der Waals surface area (Å²) in [6.45, 7) is 6.41. The Morgan fingerprint density at radius 1 is 0.941 bits per heavy atom. The van der Waals surface area contributed by atoms with Crippen LogP contribution in [0.5, 0.6) is 0 Å². The van der Waals surface area contributed by atoms with E-state index in [4.69, 9.17) is 4.42 Å². The van der Waals surface area contributed by atoms with Gasteiger partial charge in [0.2, 0.25) is 5.69 Å². The second-order valence-electron chi connectivity index (χ2n) is 9.35. The maximum Gasteiger partial charge on any atom is 0.219 e. The van der Waals surface area contributed by atoms with Gasteiger partial charge in [0.25, 0.3) is 0 Å². The van der Waals surface area contributed by atoms with Gasteiger partial charge in [0.1, 0.15) is 24.0 Å². The highest BCUT2D eigenvalue weighted by Crippen LogP contribution is 2.41. The van der Waals surface area contributed by atoms with Crippen molar-refractivity contribution < 1.29 is 13.4 Å². The molecule has 0 aliphatic heterocycles. The van der Waals surface area contributed by atoms with Crippen molar-refractivity contribution in [1.29, 1.82) is 5.26 Å². The molecule has 3 aromatic carbocycles. The zero-order valence-electron chi connectivity index (χ0n) is 19.8. The van der Waals surface area contributed by atoms with Crippen molar-refractivity contribution in [2.75, 3.05) is 0 Å². The monoisotopic (exact) mass is 449 g/mol. The molecule has 0 saturated heterocycles. The van der Waals surface area contributed by atoms with Gasteiger partial charge in [-0.05, 0) is 48.1 Å². The van der Waals surface area contributed by atoms with E-state index in [-0.39, 0.29) is 5.82 Å². The molecule has 0 saturated carbocycles. The molecule has 0 unspecified atom stereocenters. The standard InChI is InChI=1S/C30H26FN2O/c1-18(2)15-20-6-8-21(9-7-20)28-22(17-32)10-12-25-24-11-5-19(3)27(29(24)34-30(25)28)26-16-23(31)13-14-33(26)4/h5-14,16,18H,15H2,1-4H3/q+1. The van der Waals surface area contributed by atoms with Gasteiger partial charge in [-0.15, -0.1) is 0 Å². The molecule has 5 aromatic rings. The van der Waals surface area contributed by atoms with E-state index in [2.05, 4.69) is 44.2 Å². The molecule has 3 nitrogen and oxygen atoms in total. The summed E-state index contributed by atoms with van der Waals surface area (Å²) in [7, 11) is 1.90. The molecular formula is C30H26FN2O+. The normalized spacial score (nSPS) is 11.4. The van der Waals surface area contributed by atoms with Crippen LogP contribution in [0.2, 0.25) is 0 Å². The van der Waals surface area contributed by atoms with E-state index in [0.29, 0.717) is 22.6 Å². The predicted octanol–water partition coefficient (Wildman–Crippen LogP) is 7.26. The lowest BCUT2D eigenvalue weighted by atomic mass is 9.94. The van der Waals surface area contributed by atoms with E-state index >= 15 is 0 Å². The third kappa shape index (κ3) is 3.64. The summed E-state index contributed by atoms with van der Waals surface area (Å²) in [5.41, 5.74) is 7.54. The van der Waals surface area contributed by atoms with Crippen LogP contribution in [0.1, 0.15) is 30.5 Å². The first kappa shape index (κ1) is 21.9. The van der Waals surface area contributed by atoms with Gasteiger partial charge in [0, 0.05) is 28.5 Å². The molecule has 2 heterocycles. The SMILES string of the molecule is Cc1ccc2c(oc3c(-c4ccc(CC(C)C)cc4)c(C#N)ccc32)c1-c1cc(F)cc[n+]1C. The molecule has 0 fully saturated rings. The van der Waals surface area contributed by atoms with Crippen LogP contribution >= 0.6 is 0 Å². The van der Waals surface area contributed by atoms with Crippen LogP contribution in [0.3, 0.4) is 0 Å². The number of nitriles is 1. The van der Waals surface area contributed by atoms with E-state index in [1.807, 2.05) is 42.8 Å². The maximum atomic E-state index is 14.2. The molecule has 0 radical (unpaired) electrons. The maximum absolute atomic E-state index is 14.2. The van der Waals surface area contributed by atoms with E-state index in [9.17, 15) is 9.65 Å². The van der Waals surface area contributed by atoms with Crippen molar-refractivity contribution in [1.82, 2.24) is 0 Å². The first-order valence-electron chi connectivity index (χ1n) is 11.5. The number of fused-ring (bicyclic) bond motifs is 3. The molecule has 0 aliphatic rings. The molecule has 0 atom stereocenters. The summed E-state index contributed by atoms with van der Waals surface area (Å²) in [4.78, 5) is 0. The van der Waals surface area contributed by atoms with Crippen LogP contribution in [0, 0.1) is 30.0 Å². The van der Waals surface area contributed by atoms with Gasteiger partial charge in [0.15, 0.2) is 6.20 Å². The lowest BCUT2D eigenvalue weighted by Gasteiger charge is -2.08. The molecule has 0 amide bonds. The van der Waals surface area contributed by atoms with Crippen LogP contribution < -0.4 is 4.57 Å². The summed E-state index contributed by atoms with van der Waals surface area (Å²) in [6, 6.07) is 21.6. The van der Waals surface area contributed by atoms with Gasteiger partial charge in [0.05, 0.1) is 17.2 Å². The minimum Gasteiger partial charge on any atom is -0.454 e. The Balaban J connectivity index is 1.80. The lowest BCUT2D eigenvalue weighted by molar-refractivity contribution is -0.660. The number of aryl methyl sites for hydroxylation is 2. The van der Waals surface area contributed by atoms with E-state index in [0.717, 1.165) is 45.1 Å². The average Bonchev–Trinajstić information content (AvgIpc) is 3.19. The van der Waals surface area contributed by atoms with Gasteiger partial charge < -0.3 is 4.42 Å². The quantitative estimate of drug-likeness (QED) is 0.271. The second-order valence-corrected chi connectivity index (χ2v) is 9.35. The fourth-order valence-corrected chi connectivity index (χ4v) is 4.77. The fourth-order valence-electron chi connectivity index (χ4n) is 4.77. The minimum atomic E-state index is -0.297. The van der Waals surface area contributed by atoms with Crippen LogP contribution in [0.15, 0.2) is 71.3 Å². The topological polar surface area (TPSA) is 40.8 Å². The van der Waals surface area contributed by atoms with Crippen molar-refractivity contribution in [3.8, 4) is 28.5 Å². The Morgan fingerprint density at radius 2 is 1.62 bits per heavy atom. The van der Waals surface area contributed by atoms with E-state index in [1.54, 1.807) is 6.20 Å². The van der Waals surface area contributed by atoms with Gasteiger partial charge in [-0.1, -0.05) is 50.2 Å². The third-order valence-electron chi connectivity index (χ3n) is 6.39. The number of aromatic nitrogens is 1. The van der Waals surface area contributed by atoms with Crippen LogP contribution in [0.25, 0.3) is 44.3 Å². The summed E-state index contributed by atoms with van der Waals surface area (Å²) in [5.74, 6) is 0.277. The number of hydrogen-bond acceptors (Lipinski definition) is 2. The number of pyridine rings is 1. The van der Waals surface area contributed by atoms with Gasteiger partial charge in [-0.25, -0.2) is 8.96 Å². The van der Waals surface area contributed by atoms with E-state index < -0.39 is 0 Å². The summed E-state index contributed by atoms with van der Waals surface area (Å²) in [5, 5.41) is 11.8. The van der Waals surface area contributed by atoms with Crippen molar-refractivity contribution in [2.45, 2.75) is 27.2 Å². The molecular weight excluding hydrogens is 423 g/mol. The van der Waals surface area contributed by atoms with Gasteiger partial charge in [-0.2, -0.15) is 5.26 Å². The molecule has 0 spiro atoms. The second kappa shape index (κ2) is 8.43. The zero-order valence-corrected chi connectivity index (χ0v) is 19.8. The molecule has 34 heavy (non-hydrogen) atoms. The average molecular weight is 450 g/mol. The number of halogens is 1. The number of nitrogens with zero attached hydrogens (tertiary/aromatic N) is 2. The number of rotatable bonds is 4. The molecule has 0 aliphatic carbocycles. The predicted molar refractivity (Wildman–Crippen MR) is 134 cm³/mol. The Kier molecular flexibility index (Phi) is 5.42. The Morgan fingerprint density at radius 3 is 2.29 bits per heavy atom. The van der Waals surface area contributed by atoms with Gasteiger partial charge in [-0.3, -0.25) is 0 Å².